The van der Waals surface area contributed by atoms with Gasteiger partial charge in [-0.25, -0.2) is 0 Å². The van der Waals surface area contributed by atoms with Crippen LogP contribution in [0.1, 0.15) is 21.2 Å². The summed E-state index contributed by atoms with van der Waals surface area (Å²) in [4.78, 5) is 12.8. The maximum absolute atomic E-state index is 12.2. The van der Waals surface area contributed by atoms with Crippen molar-refractivity contribution in [3.8, 4) is 11.8 Å². The molecule has 2 aromatic rings. The molecule has 0 saturated carbocycles. The number of rotatable bonds is 4. The average Bonchev–Trinajstić information content (AvgIpc) is 2.92. The molecule has 7 heteroatoms. The molecule has 1 aromatic heterocycles. The first-order valence-corrected chi connectivity index (χ1v) is 6.62. The highest BCUT2D eigenvalue weighted by atomic mass is 32.1. The molecule has 0 saturated heterocycles. The third-order valence-electron chi connectivity index (χ3n) is 2.59. The Morgan fingerprint density at radius 3 is 2.38 bits per heavy atom. The molecule has 21 heavy (non-hydrogen) atoms. The number of carbonyl (C=O) groups is 1. The van der Waals surface area contributed by atoms with E-state index in [2.05, 4.69) is 4.74 Å². The Kier molecular flexibility index (Phi) is 4.29. The number of carbonyl (C=O) groups excluding carboxylic acids is 1. The Balaban J connectivity index is 2.18. The molecule has 1 atom stereocenters. The van der Waals surface area contributed by atoms with E-state index in [0.29, 0.717) is 4.88 Å². The third kappa shape index (κ3) is 3.83. The Labute approximate surface area is 122 Å². The summed E-state index contributed by atoms with van der Waals surface area (Å²) in [6.45, 7) is 0. The van der Waals surface area contributed by atoms with Crippen molar-refractivity contribution in [1.29, 1.82) is 5.26 Å². The number of alkyl halides is 3. The molecular weight excluding hydrogens is 303 g/mol. The number of halogens is 3. The number of nitrogens with zero attached hydrogens (tertiary/aromatic N) is 1. The third-order valence-corrected chi connectivity index (χ3v) is 3.53. The van der Waals surface area contributed by atoms with Crippen LogP contribution >= 0.6 is 11.3 Å². The van der Waals surface area contributed by atoms with E-state index in [1.807, 2.05) is 6.07 Å². The zero-order valence-corrected chi connectivity index (χ0v) is 11.2. The van der Waals surface area contributed by atoms with Crippen molar-refractivity contribution < 1.29 is 22.7 Å². The number of nitriles is 1. The lowest BCUT2D eigenvalue weighted by molar-refractivity contribution is -0.274. The van der Waals surface area contributed by atoms with Crippen LogP contribution in [0.15, 0.2) is 41.8 Å². The highest BCUT2D eigenvalue weighted by molar-refractivity contribution is 7.10. The second kappa shape index (κ2) is 5.97. The largest absolute Gasteiger partial charge is 0.573 e. The summed E-state index contributed by atoms with van der Waals surface area (Å²) >= 11 is 1.27. The van der Waals surface area contributed by atoms with Crippen LogP contribution < -0.4 is 4.74 Å². The van der Waals surface area contributed by atoms with Gasteiger partial charge in [-0.3, -0.25) is 4.79 Å². The number of ether oxygens (including phenoxy) is 1. The lowest BCUT2D eigenvalue weighted by Crippen LogP contribution is -2.17. The van der Waals surface area contributed by atoms with E-state index in [4.69, 9.17) is 5.26 Å². The van der Waals surface area contributed by atoms with Crippen LogP contribution in [0.2, 0.25) is 0 Å². The predicted molar refractivity (Wildman–Crippen MR) is 70.1 cm³/mol. The molecule has 0 aliphatic heterocycles. The first kappa shape index (κ1) is 15.1. The van der Waals surface area contributed by atoms with Gasteiger partial charge in [-0.1, -0.05) is 6.07 Å². The van der Waals surface area contributed by atoms with Gasteiger partial charge < -0.3 is 4.74 Å². The van der Waals surface area contributed by atoms with Crippen LogP contribution in [-0.4, -0.2) is 12.1 Å². The average molecular weight is 311 g/mol. The number of thiophene rings is 1. The second-order valence-electron chi connectivity index (χ2n) is 4.01. The smallest absolute Gasteiger partial charge is 0.406 e. The fraction of sp³-hybridized carbons (Fsp3) is 0.143. The molecular formula is C14H8F3NO2S. The normalized spacial score (nSPS) is 12.5. The molecule has 0 amide bonds. The number of Topliss-reactive ketones (excluding diaryl/α,β-unsaturated/α-hetero) is 1. The van der Waals surface area contributed by atoms with Gasteiger partial charge in [0.25, 0.3) is 0 Å². The van der Waals surface area contributed by atoms with Crippen LogP contribution in [0.5, 0.6) is 5.75 Å². The molecule has 0 aliphatic rings. The molecule has 0 bridgehead atoms. The van der Waals surface area contributed by atoms with Crippen molar-refractivity contribution in [1.82, 2.24) is 0 Å². The SMILES string of the molecule is N#CC(C(=O)c1ccc(OC(F)(F)F)cc1)c1cccs1. The van der Waals surface area contributed by atoms with Crippen LogP contribution in [0, 0.1) is 11.3 Å². The molecule has 1 unspecified atom stereocenters. The number of benzene rings is 1. The van der Waals surface area contributed by atoms with Gasteiger partial charge >= 0.3 is 6.36 Å². The second-order valence-corrected chi connectivity index (χ2v) is 4.99. The van der Waals surface area contributed by atoms with Gasteiger partial charge in [-0.15, -0.1) is 24.5 Å². The topological polar surface area (TPSA) is 50.1 Å². The van der Waals surface area contributed by atoms with Crippen molar-refractivity contribution in [2.45, 2.75) is 12.3 Å². The molecule has 2 rings (SSSR count). The quantitative estimate of drug-likeness (QED) is 0.797. The molecule has 1 heterocycles. The summed E-state index contributed by atoms with van der Waals surface area (Å²) in [5.74, 6) is -1.83. The van der Waals surface area contributed by atoms with Gasteiger partial charge in [-0.05, 0) is 35.7 Å². The fourth-order valence-electron chi connectivity index (χ4n) is 1.69. The Morgan fingerprint density at radius 1 is 1.24 bits per heavy atom. The first-order chi connectivity index (χ1) is 9.90. The van der Waals surface area contributed by atoms with E-state index in [0.717, 1.165) is 12.1 Å². The highest BCUT2D eigenvalue weighted by Gasteiger charge is 2.31. The van der Waals surface area contributed by atoms with Gasteiger partial charge in [-0.2, -0.15) is 5.26 Å². The van der Waals surface area contributed by atoms with Crippen molar-refractivity contribution in [2.75, 3.05) is 0 Å². The van der Waals surface area contributed by atoms with E-state index in [1.54, 1.807) is 17.5 Å². The molecule has 0 fully saturated rings. The van der Waals surface area contributed by atoms with E-state index in [-0.39, 0.29) is 5.56 Å². The van der Waals surface area contributed by atoms with Crippen LogP contribution in [-0.2, 0) is 0 Å². The van der Waals surface area contributed by atoms with E-state index in [9.17, 15) is 18.0 Å². The summed E-state index contributed by atoms with van der Waals surface area (Å²) in [6.07, 6.45) is -4.78. The van der Waals surface area contributed by atoms with E-state index >= 15 is 0 Å². The molecule has 108 valence electrons. The molecule has 0 N–H and O–H groups in total. The Morgan fingerprint density at radius 2 is 1.90 bits per heavy atom. The van der Waals surface area contributed by atoms with Gasteiger partial charge in [0, 0.05) is 10.4 Å². The minimum atomic E-state index is -4.78. The van der Waals surface area contributed by atoms with Gasteiger partial charge in [0.2, 0.25) is 0 Å². The molecule has 0 radical (unpaired) electrons. The maximum atomic E-state index is 12.2. The standard InChI is InChI=1S/C14H8F3NO2S/c15-14(16,17)20-10-5-3-9(4-6-10)13(19)11(8-18)12-2-1-7-21-12/h1-7,11H. The van der Waals surface area contributed by atoms with Gasteiger partial charge in [0.05, 0.1) is 6.07 Å². The number of ketones is 1. The summed E-state index contributed by atoms with van der Waals surface area (Å²) in [7, 11) is 0. The summed E-state index contributed by atoms with van der Waals surface area (Å²) < 4.78 is 39.8. The van der Waals surface area contributed by atoms with Crippen molar-refractivity contribution in [3.05, 3.63) is 52.2 Å². The minimum Gasteiger partial charge on any atom is -0.406 e. The van der Waals surface area contributed by atoms with Crippen molar-refractivity contribution in [2.24, 2.45) is 0 Å². The fourth-order valence-corrected chi connectivity index (χ4v) is 2.46. The predicted octanol–water partition coefficient (Wildman–Crippen LogP) is 4.14. The zero-order chi connectivity index (χ0) is 15.5. The van der Waals surface area contributed by atoms with Crippen molar-refractivity contribution >= 4 is 17.1 Å². The van der Waals surface area contributed by atoms with Crippen LogP contribution in [0.3, 0.4) is 0 Å². The monoisotopic (exact) mass is 311 g/mol. The molecule has 0 aliphatic carbocycles. The first-order valence-electron chi connectivity index (χ1n) is 5.74. The van der Waals surface area contributed by atoms with Gasteiger partial charge in [0.1, 0.15) is 11.7 Å². The Hall–Kier alpha value is -2.33. The number of hydrogen-bond donors (Lipinski definition) is 0. The highest BCUT2D eigenvalue weighted by Crippen LogP contribution is 2.27. The van der Waals surface area contributed by atoms with Crippen LogP contribution in [0.4, 0.5) is 13.2 Å². The Bertz CT molecular complexity index is 657. The molecule has 1 aromatic carbocycles. The maximum Gasteiger partial charge on any atom is 0.573 e. The lowest BCUT2D eigenvalue weighted by Gasteiger charge is -2.10. The summed E-state index contributed by atoms with van der Waals surface area (Å²) in [6, 6.07) is 9.80. The van der Waals surface area contributed by atoms with Gasteiger partial charge in [0.15, 0.2) is 5.78 Å². The van der Waals surface area contributed by atoms with E-state index < -0.39 is 23.8 Å². The van der Waals surface area contributed by atoms with Crippen LogP contribution in [0.25, 0.3) is 0 Å². The zero-order valence-electron chi connectivity index (χ0n) is 10.4. The van der Waals surface area contributed by atoms with Crippen molar-refractivity contribution in [3.63, 3.8) is 0 Å². The van der Waals surface area contributed by atoms with E-state index in [1.165, 1.54) is 23.5 Å². The minimum absolute atomic E-state index is 0.157. The number of hydrogen-bond acceptors (Lipinski definition) is 4. The lowest BCUT2D eigenvalue weighted by atomic mass is 9.97. The summed E-state index contributed by atoms with van der Waals surface area (Å²) in [5, 5.41) is 10.8. The molecule has 3 nitrogen and oxygen atoms in total. The molecule has 0 spiro atoms. The summed E-state index contributed by atoms with van der Waals surface area (Å²) in [5.41, 5.74) is 0.157.